The zero-order valence-corrected chi connectivity index (χ0v) is 12.1. The summed E-state index contributed by atoms with van der Waals surface area (Å²) in [5, 5.41) is 11.0. The van der Waals surface area contributed by atoms with E-state index in [9.17, 15) is 5.11 Å². The Hall–Kier alpha value is -0.860. The first-order chi connectivity index (χ1) is 8.42. The maximum atomic E-state index is 11.0. The monoisotopic (exact) mass is 249 g/mol. The number of nitrogens with two attached hydrogens (primary N) is 1. The molecule has 18 heavy (non-hydrogen) atoms. The van der Waals surface area contributed by atoms with Crippen LogP contribution in [0.25, 0.3) is 0 Å². The first-order valence-corrected chi connectivity index (χ1v) is 6.94. The predicted octanol–water partition coefficient (Wildman–Crippen LogP) is 3.08. The van der Waals surface area contributed by atoms with Gasteiger partial charge in [0.25, 0.3) is 0 Å². The van der Waals surface area contributed by atoms with Gasteiger partial charge in [-0.25, -0.2) is 0 Å². The van der Waals surface area contributed by atoms with Crippen LogP contribution >= 0.6 is 0 Å². The van der Waals surface area contributed by atoms with Gasteiger partial charge in [0, 0.05) is 0 Å². The summed E-state index contributed by atoms with van der Waals surface area (Å²) in [5.41, 5.74) is 7.09. The third-order valence-corrected chi connectivity index (χ3v) is 3.82. The van der Waals surface area contributed by atoms with Gasteiger partial charge in [-0.2, -0.15) is 0 Å². The van der Waals surface area contributed by atoms with Crippen molar-refractivity contribution >= 4 is 0 Å². The molecule has 0 aliphatic heterocycles. The highest BCUT2D eigenvalue weighted by atomic mass is 16.3. The molecule has 0 heterocycles. The van der Waals surface area contributed by atoms with Crippen molar-refractivity contribution in [2.75, 3.05) is 6.54 Å². The first-order valence-electron chi connectivity index (χ1n) is 6.94. The molecule has 0 aliphatic carbocycles. The second kappa shape index (κ2) is 6.35. The van der Waals surface area contributed by atoms with Crippen molar-refractivity contribution in [3.63, 3.8) is 0 Å². The second-order valence-corrected chi connectivity index (χ2v) is 5.73. The highest BCUT2D eigenvalue weighted by molar-refractivity contribution is 5.29. The predicted molar refractivity (Wildman–Crippen MR) is 77.4 cm³/mol. The highest BCUT2D eigenvalue weighted by Crippen LogP contribution is 2.37. The van der Waals surface area contributed by atoms with Crippen LogP contribution in [-0.2, 0) is 12.0 Å². The number of aryl methyl sites for hydroxylation is 1. The average Bonchev–Trinajstić information content (AvgIpc) is 2.35. The lowest BCUT2D eigenvalue weighted by molar-refractivity contribution is -0.0531. The number of benzene rings is 1. The molecule has 0 bridgehead atoms. The van der Waals surface area contributed by atoms with E-state index in [1.165, 1.54) is 5.56 Å². The van der Waals surface area contributed by atoms with Crippen molar-refractivity contribution in [1.29, 1.82) is 0 Å². The molecule has 2 nitrogen and oxygen atoms in total. The van der Waals surface area contributed by atoms with E-state index in [0.29, 0.717) is 6.54 Å². The van der Waals surface area contributed by atoms with Crippen LogP contribution in [-0.4, -0.2) is 11.7 Å². The van der Waals surface area contributed by atoms with E-state index in [0.717, 1.165) is 18.4 Å². The van der Waals surface area contributed by atoms with Gasteiger partial charge in [-0.3, -0.25) is 0 Å². The SMILES string of the molecule is CC(C)C(O)(c1cccc(CCCN)c1)C(C)C. The van der Waals surface area contributed by atoms with Gasteiger partial charge < -0.3 is 10.8 Å². The molecule has 0 spiro atoms. The number of rotatable bonds is 6. The van der Waals surface area contributed by atoms with Crippen LogP contribution in [0.4, 0.5) is 0 Å². The van der Waals surface area contributed by atoms with Crippen LogP contribution < -0.4 is 5.73 Å². The molecule has 0 radical (unpaired) electrons. The van der Waals surface area contributed by atoms with Gasteiger partial charge in [0.1, 0.15) is 0 Å². The molecule has 1 rings (SSSR count). The van der Waals surface area contributed by atoms with E-state index in [1.807, 2.05) is 12.1 Å². The normalized spacial score (nSPS) is 12.4. The summed E-state index contributed by atoms with van der Waals surface area (Å²) in [4.78, 5) is 0. The van der Waals surface area contributed by atoms with E-state index in [1.54, 1.807) is 0 Å². The minimum absolute atomic E-state index is 0.197. The molecule has 0 fully saturated rings. The van der Waals surface area contributed by atoms with E-state index >= 15 is 0 Å². The minimum atomic E-state index is -0.751. The molecule has 3 N–H and O–H groups in total. The van der Waals surface area contributed by atoms with E-state index in [-0.39, 0.29) is 11.8 Å². The Labute approximate surface area is 111 Å². The Morgan fingerprint density at radius 3 is 2.28 bits per heavy atom. The third-order valence-electron chi connectivity index (χ3n) is 3.82. The van der Waals surface area contributed by atoms with E-state index < -0.39 is 5.60 Å². The fourth-order valence-electron chi connectivity index (χ4n) is 2.62. The van der Waals surface area contributed by atoms with Gasteiger partial charge in [-0.1, -0.05) is 52.0 Å². The maximum Gasteiger partial charge on any atom is 0.0942 e. The zero-order valence-electron chi connectivity index (χ0n) is 12.1. The van der Waals surface area contributed by atoms with E-state index in [2.05, 4.69) is 39.8 Å². The molecule has 0 aliphatic rings. The van der Waals surface area contributed by atoms with Crippen molar-refractivity contribution in [2.24, 2.45) is 17.6 Å². The molecule has 0 amide bonds. The lowest BCUT2D eigenvalue weighted by Gasteiger charge is -2.37. The molecular formula is C16H27NO. The van der Waals surface area contributed by atoms with E-state index in [4.69, 9.17) is 5.73 Å². The summed E-state index contributed by atoms with van der Waals surface area (Å²) in [6, 6.07) is 8.32. The smallest absolute Gasteiger partial charge is 0.0942 e. The van der Waals surface area contributed by atoms with Crippen molar-refractivity contribution in [3.05, 3.63) is 35.4 Å². The summed E-state index contributed by atoms with van der Waals surface area (Å²) >= 11 is 0. The summed E-state index contributed by atoms with van der Waals surface area (Å²) in [5.74, 6) is 0.393. The molecule has 0 saturated heterocycles. The van der Waals surface area contributed by atoms with Gasteiger partial charge in [-0.05, 0) is 42.3 Å². The molecular weight excluding hydrogens is 222 g/mol. The van der Waals surface area contributed by atoms with Crippen LogP contribution in [0.2, 0.25) is 0 Å². The average molecular weight is 249 g/mol. The Morgan fingerprint density at radius 2 is 1.78 bits per heavy atom. The third kappa shape index (κ3) is 3.12. The Morgan fingerprint density at radius 1 is 1.17 bits per heavy atom. The second-order valence-electron chi connectivity index (χ2n) is 5.73. The molecule has 2 heteroatoms. The largest absolute Gasteiger partial charge is 0.385 e. The minimum Gasteiger partial charge on any atom is -0.385 e. The molecule has 1 aromatic carbocycles. The topological polar surface area (TPSA) is 46.2 Å². The van der Waals surface area contributed by atoms with Crippen molar-refractivity contribution in [2.45, 2.75) is 46.1 Å². The summed E-state index contributed by atoms with van der Waals surface area (Å²) in [6.45, 7) is 9.01. The van der Waals surface area contributed by atoms with Gasteiger partial charge in [-0.15, -0.1) is 0 Å². The fraction of sp³-hybridized carbons (Fsp3) is 0.625. The molecule has 102 valence electrons. The lowest BCUT2D eigenvalue weighted by Crippen LogP contribution is -2.37. The summed E-state index contributed by atoms with van der Waals surface area (Å²) in [6.07, 6.45) is 1.97. The molecule has 1 aromatic rings. The maximum absolute atomic E-state index is 11.0. The quantitative estimate of drug-likeness (QED) is 0.814. The van der Waals surface area contributed by atoms with Crippen molar-refractivity contribution in [1.82, 2.24) is 0 Å². The Kier molecular flexibility index (Phi) is 5.36. The zero-order chi connectivity index (χ0) is 13.8. The summed E-state index contributed by atoms with van der Waals surface area (Å²) in [7, 11) is 0. The summed E-state index contributed by atoms with van der Waals surface area (Å²) < 4.78 is 0. The van der Waals surface area contributed by atoms with Gasteiger partial charge in [0.15, 0.2) is 0 Å². The number of hydrogen-bond donors (Lipinski definition) is 2. The van der Waals surface area contributed by atoms with Crippen LogP contribution in [0.3, 0.4) is 0 Å². The fourth-order valence-corrected chi connectivity index (χ4v) is 2.62. The molecule has 0 atom stereocenters. The van der Waals surface area contributed by atoms with Crippen LogP contribution in [0.5, 0.6) is 0 Å². The van der Waals surface area contributed by atoms with Crippen LogP contribution in [0.1, 0.15) is 45.2 Å². The first kappa shape index (κ1) is 15.2. The van der Waals surface area contributed by atoms with Crippen LogP contribution in [0, 0.1) is 11.8 Å². The lowest BCUT2D eigenvalue weighted by atomic mass is 9.75. The number of aliphatic hydroxyl groups is 1. The molecule has 0 saturated carbocycles. The number of hydrogen-bond acceptors (Lipinski definition) is 2. The Bertz CT molecular complexity index is 363. The van der Waals surface area contributed by atoms with Gasteiger partial charge >= 0.3 is 0 Å². The molecule has 0 aromatic heterocycles. The van der Waals surface area contributed by atoms with Gasteiger partial charge in [0.2, 0.25) is 0 Å². The van der Waals surface area contributed by atoms with Crippen molar-refractivity contribution in [3.8, 4) is 0 Å². The van der Waals surface area contributed by atoms with Crippen LogP contribution in [0.15, 0.2) is 24.3 Å². The van der Waals surface area contributed by atoms with Crippen molar-refractivity contribution < 1.29 is 5.11 Å². The molecule has 0 unspecified atom stereocenters. The highest BCUT2D eigenvalue weighted by Gasteiger charge is 2.36. The Balaban J connectivity index is 3.06. The standard InChI is InChI=1S/C16H27NO/c1-12(2)16(18,13(3)4)15-9-5-7-14(11-15)8-6-10-17/h5,7,9,11-13,18H,6,8,10,17H2,1-4H3. The van der Waals surface area contributed by atoms with Gasteiger partial charge in [0.05, 0.1) is 5.60 Å².